The summed E-state index contributed by atoms with van der Waals surface area (Å²) in [6.45, 7) is 6.04. The van der Waals surface area contributed by atoms with E-state index in [9.17, 15) is 19.5 Å². The van der Waals surface area contributed by atoms with Crippen molar-refractivity contribution in [2.24, 2.45) is 29.1 Å². The number of piperidine rings is 1. The zero-order valence-electron chi connectivity index (χ0n) is 18.1. The molecule has 4 rings (SSSR count). The largest absolute Gasteiger partial charge is 0.382 e. The Morgan fingerprint density at radius 2 is 1.97 bits per heavy atom. The van der Waals surface area contributed by atoms with Gasteiger partial charge in [0.15, 0.2) is 0 Å². The Kier molecular flexibility index (Phi) is 6.03. The van der Waals surface area contributed by atoms with Crippen molar-refractivity contribution in [3.05, 3.63) is 35.9 Å². The van der Waals surface area contributed by atoms with Crippen LogP contribution < -0.4 is 21.3 Å². The van der Waals surface area contributed by atoms with Crippen molar-refractivity contribution in [3.8, 4) is 0 Å². The van der Waals surface area contributed by atoms with Crippen molar-refractivity contribution in [1.82, 2.24) is 21.3 Å². The Bertz CT molecular complexity index is 843. The summed E-state index contributed by atoms with van der Waals surface area (Å²) in [6.07, 6.45) is -0.962. The van der Waals surface area contributed by atoms with Crippen LogP contribution in [0.2, 0.25) is 0 Å². The smallest absolute Gasteiger partial charge is 0.249 e. The van der Waals surface area contributed by atoms with Crippen molar-refractivity contribution in [1.29, 1.82) is 0 Å². The number of carbonyl (C=O) groups excluding carboxylic acids is 3. The van der Waals surface area contributed by atoms with E-state index in [2.05, 4.69) is 35.1 Å². The first-order valence-electron chi connectivity index (χ1n) is 11.1. The Balaban J connectivity index is 1.42. The highest BCUT2D eigenvalue weighted by Crippen LogP contribution is 2.61. The molecule has 0 aromatic heterocycles. The molecule has 5 N–H and O–H groups in total. The summed E-state index contributed by atoms with van der Waals surface area (Å²) in [5.74, 6) is -1.63. The molecule has 168 valence electrons. The van der Waals surface area contributed by atoms with Crippen LogP contribution in [0.3, 0.4) is 0 Å². The normalized spacial score (nSPS) is 30.1. The molecular weight excluding hydrogens is 396 g/mol. The van der Waals surface area contributed by atoms with Crippen LogP contribution in [0.25, 0.3) is 0 Å². The maximum Gasteiger partial charge on any atom is 0.249 e. The molecule has 0 radical (unpaired) electrons. The number of fused-ring (bicyclic) bond motifs is 1. The molecule has 2 saturated heterocycles. The molecule has 3 aliphatic rings. The van der Waals surface area contributed by atoms with Crippen LogP contribution in [0.4, 0.5) is 0 Å². The third kappa shape index (κ3) is 4.45. The van der Waals surface area contributed by atoms with E-state index < -0.39 is 17.9 Å². The molecule has 0 bridgehead atoms. The molecule has 6 atom stereocenters. The minimum absolute atomic E-state index is 0.128. The van der Waals surface area contributed by atoms with Gasteiger partial charge in [0, 0.05) is 31.5 Å². The zero-order valence-corrected chi connectivity index (χ0v) is 18.1. The Labute approximate surface area is 182 Å². The first-order valence-corrected chi connectivity index (χ1v) is 11.1. The Hall–Kier alpha value is -2.45. The van der Waals surface area contributed by atoms with Gasteiger partial charge in [0.05, 0.1) is 12.1 Å². The third-order valence-electron chi connectivity index (χ3n) is 7.35. The fourth-order valence-electron chi connectivity index (χ4n) is 5.25. The number of nitrogens with one attached hydrogen (secondary N) is 4. The van der Waals surface area contributed by atoms with Gasteiger partial charge in [-0.05, 0) is 29.7 Å². The number of aliphatic hydroxyl groups is 1. The summed E-state index contributed by atoms with van der Waals surface area (Å²) in [7, 11) is 0. The van der Waals surface area contributed by atoms with Crippen molar-refractivity contribution in [2.75, 3.05) is 13.1 Å². The predicted octanol–water partition coefficient (Wildman–Crippen LogP) is 0.124. The molecule has 1 saturated carbocycles. The van der Waals surface area contributed by atoms with Gasteiger partial charge in [-0.25, -0.2) is 0 Å². The predicted molar refractivity (Wildman–Crippen MR) is 114 cm³/mol. The van der Waals surface area contributed by atoms with Crippen molar-refractivity contribution in [2.45, 2.75) is 45.5 Å². The van der Waals surface area contributed by atoms with E-state index >= 15 is 0 Å². The lowest BCUT2D eigenvalue weighted by molar-refractivity contribution is -0.142. The lowest BCUT2D eigenvalue weighted by Gasteiger charge is -2.27. The second-order valence-electron chi connectivity index (χ2n) is 9.62. The molecule has 2 aliphatic heterocycles. The Morgan fingerprint density at radius 3 is 2.58 bits per heavy atom. The summed E-state index contributed by atoms with van der Waals surface area (Å²) in [5.41, 5.74) is 1.08. The summed E-state index contributed by atoms with van der Waals surface area (Å²) in [6, 6.07) is 9.37. The second-order valence-corrected chi connectivity index (χ2v) is 9.62. The molecule has 8 nitrogen and oxygen atoms in total. The molecule has 1 aliphatic carbocycles. The average molecular weight is 429 g/mol. The van der Waals surface area contributed by atoms with Gasteiger partial charge in [0.25, 0.3) is 0 Å². The van der Waals surface area contributed by atoms with E-state index in [4.69, 9.17) is 0 Å². The number of aliphatic hydroxyl groups excluding tert-OH is 1. The van der Waals surface area contributed by atoms with Gasteiger partial charge in [0.1, 0.15) is 6.10 Å². The van der Waals surface area contributed by atoms with E-state index in [-0.39, 0.29) is 42.3 Å². The molecule has 3 amide bonds. The molecule has 31 heavy (non-hydrogen) atoms. The van der Waals surface area contributed by atoms with Crippen molar-refractivity contribution < 1.29 is 19.5 Å². The van der Waals surface area contributed by atoms with Crippen LogP contribution in [-0.2, 0) is 20.9 Å². The quantitative estimate of drug-likeness (QED) is 0.403. The van der Waals surface area contributed by atoms with Gasteiger partial charge in [0.2, 0.25) is 17.7 Å². The molecule has 1 aromatic rings. The molecule has 1 aromatic carbocycles. The summed E-state index contributed by atoms with van der Waals surface area (Å²) in [4.78, 5) is 37.9. The van der Waals surface area contributed by atoms with Crippen LogP contribution >= 0.6 is 0 Å². The maximum atomic E-state index is 13.2. The molecule has 0 spiro atoms. The monoisotopic (exact) mass is 428 g/mol. The van der Waals surface area contributed by atoms with Crippen LogP contribution in [-0.4, -0.2) is 48.2 Å². The third-order valence-corrected chi connectivity index (χ3v) is 7.35. The highest BCUT2D eigenvalue weighted by atomic mass is 16.3. The van der Waals surface area contributed by atoms with Gasteiger partial charge in [-0.2, -0.15) is 0 Å². The lowest BCUT2D eigenvalue weighted by atomic mass is 9.88. The summed E-state index contributed by atoms with van der Waals surface area (Å²) >= 11 is 0. The van der Waals surface area contributed by atoms with Gasteiger partial charge in [-0.1, -0.05) is 44.2 Å². The minimum atomic E-state index is -1.53. The number of amides is 3. The van der Waals surface area contributed by atoms with Crippen LogP contribution in [0.5, 0.6) is 0 Å². The zero-order chi connectivity index (χ0) is 22.2. The molecule has 3 fully saturated rings. The van der Waals surface area contributed by atoms with Gasteiger partial charge in [-0.15, -0.1) is 0 Å². The standard InChI is InChI=1S/C23H32N4O4/c1-23(2)16-12-25-19(17(16)23)27-21(30)15(10-14-8-9-24-20(14)29)18(28)22(31)26-11-13-6-4-3-5-7-13/h3-7,14-19,25,28H,8-12H2,1-2H3,(H,24,29)(H,26,31)(H,27,30)/t14-,15+,16+,17+,18?,19+/m1/s1. The molecule has 2 heterocycles. The van der Waals surface area contributed by atoms with Gasteiger partial charge >= 0.3 is 0 Å². The van der Waals surface area contributed by atoms with Crippen LogP contribution in [0.1, 0.15) is 32.3 Å². The van der Waals surface area contributed by atoms with Gasteiger partial charge < -0.3 is 21.1 Å². The van der Waals surface area contributed by atoms with Crippen molar-refractivity contribution in [3.63, 3.8) is 0 Å². The van der Waals surface area contributed by atoms with E-state index in [1.807, 2.05) is 30.3 Å². The Morgan fingerprint density at radius 1 is 1.23 bits per heavy atom. The molecule has 8 heteroatoms. The first kappa shape index (κ1) is 21.8. The lowest BCUT2D eigenvalue weighted by Crippen LogP contribution is -2.52. The van der Waals surface area contributed by atoms with E-state index in [0.29, 0.717) is 24.8 Å². The fourth-order valence-corrected chi connectivity index (χ4v) is 5.25. The number of hydrogen-bond donors (Lipinski definition) is 5. The minimum Gasteiger partial charge on any atom is -0.382 e. The van der Waals surface area contributed by atoms with Crippen LogP contribution in [0, 0.1) is 29.1 Å². The average Bonchev–Trinajstić information content (AvgIpc) is 3.10. The summed E-state index contributed by atoms with van der Waals surface area (Å²) < 4.78 is 0. The molecular formula is C23H32N4O4. The number of carbonyl (C=O) groups is 3. The highest BCUT2D eigenvalue weighted by Gasteiger charge is 2.64. The van der Waals surface area contributed by atoms with Crippen LogP contribution in [0.15, 0.2) is 30.3 Å². The van der Waals surface area contributed by atoms with E-state index in [0.717, 1.165) is 12.1 Å². The van der Waals surface area contributed by atoms with E-state index in [1.54, 1.807) is 0 Å². The van der Waals surface area contributed by atoms with Gasteiger partial charge in [-0.3, -0.25) is 19.7 Å². The van der Waals surface area contributed by atoms with Crippen molar-refractivity contribution >= 4 is 17.7 Å². The van der Waals surface area contributed by atoms with E-state index in [1.165, 1.54) is 0 Å². The SMILES string of the molecule is CC1(C)[C@@H]2[C@H](NC(=O)[C@@H](C[C@H]3CCNC3=O)C(O)C(=O)NCc3ccccc3)NC[C@@H]21. The summed E-state index contributed by atoms with van der Waals surface area (Å²) in [5, 5.41) is 22.6. The number of rotatable bonds is 8. The topological polar surface area (TPSA) is 120 Å². The highest BCUT2D eigenvalue weighted by molar-refractivity contribution is 5.90. The maximum absolute atomic E-state index is 13.2. The molecule has 1 unspecified atom stereocenters. The second kappa shape index (κ2) is 8.59. The first-order chi connectivity index (χ1) is 14.8. The number of benzene rings is 1. The fraction of sp³-hybridized carbons (Fsp3) is 0.609. The number of hydrogen-bond acceptors (Lipinski definition) is 5.